The van der Waals surface area contributed by atoms with Crippen LogP contribution in [0.1, 0.15) is 12.0 Å². The van der Waals surface area contributed by atoms with E-state index in [2.05, 4.69) is 44.4 Å². The van der Waals surface area contributed by atoms with Crippen molar-refractivity contribution in [2.24, 2.45) is 0 Å². The maximum atomic E-state index is 12.1. The minimum Gasteiger partial charge on any atom is -0.380 e. The molecule has 0 amide bonds. The fourth-order valence-corrected chi connectivity index (χ4v) is 3.71. The number of hydrogen-bond acceptors (Lipinski definition) is 6. The van der Waals surface area contributed by atoms with Gasteiger partial charge in [0.05, 0.1) is 6.33 Å². The molecule has 0 unspecified atom stereocenters. The molecule has 0 aliphatic carbocycles. The molecule has 1 aromatic heterocycles. The summed E-state index contributed by atoms with van der Waals surface area (Å²) in [5.41, 5.74) is 1.63. The molecule has 1 aliphatic heterocycles. The molecular formula is C21H25N5O2. The number of aryl methyl sites for hydroxylation is 1. The molecule has 1 fully saturated rings. The van der Waals surface area contributed by atoms with Crippen LogP contribution >= 0.6 is 0 Å². The van der Waals surface area contributed by atoms with Crippen LogP contribution in [0.3, 0.4) is 0 Å². The van der Waals surface area contributed by atoms with Gasteiger partial charge in [-0.1, -0.05) is 30.3 Å². The molecule has 7 nitrogen and oxygen atoms in total. The van der Waals surface area contributed by atoms with Crippen molar-refractivity contribution in [2.45, 2.75) is 19.5 Å². The molecule has 4 rings (SSSR count). The summed E-state index contributed by atoms with van der Waals surface area (Å²) in [6.07, 6.45) is 6.30. The van der Waals surface area contributed by atoms with Gasteiger partial charge in [0.15, 0.2) is 0 Å². The quantitative estimate of drug-likeness (QED) is 0.470. The van der Waals surface area contributed by atoms with Crippen LogP contribution in [0.4, 0.5) is 11.4 Å². The van der Waals surface area contributed by atoms with Gasteiger partial charge in [-0.15, -0.1) is 0 Å². The molecule has 0 bridgehead atoms. The second-order valence-electron chi connectivity index (χ2n) is 7.21. The van der Waals surface area contributed by atoms with E-state index in [1.54, 1.807) is 12.5 Å². The van der Waals surface area contributed by atoms with Crippen molar-refractivity contribution in [1.82, 2.24) is 14.5 Å². The van der Waals surface area contributed by atoms with Crippen LogP contribution < -0.4 is 21.1 Å². The van der Waals surface area contributed by atoms with Crippen molar-refractivity contribution >= 4 is 11.4 Å². The number of piperazine rings is 1. The molecule has 1 saturated heterocycles. The molecule has 7 heteroatoms. The average Bonchev–Trinajstić information content (AvgIpc) is 3.25. The maximum Gasteiger partial charge on any atom is 0.253 e. The van der Waals surface area contributed by atoms with Gasteiger partial charge in [0.1, 0.15) is 11.4 Å². The Morgan fingerprint density at radius 2 is 1.79 bits per heavy atom. The third-order valence-electron chi connectivity index (χ3n) is 5.28. The summed E-state index contributed by atoms with van der Waals surface area (Å²) >= 11 is 0. The Morgan fingerprint density at radius 3 is 2.50 bits per heavy atom. The first kappa shape index (κ1) is 18.4. The fourth-order valence-electron chi connectivity index (χ4n) is 3.71. The predicted octanol–water partition coefficient (Wildman–Crippen LogP) is 1.30. The van der Waals surface area contributed by atoms with Crippen LogP contribution in [-0.2, 0) is 13.1 Å². The number of hydrogen-bond donors (Lipinski definition) is 1. The Balaban J connectivity index is 1.29. The van der Waals surface area contributed by atoms with Gasteiger partial charge in [0.25, 0.3) is 10.9 Å². The molecule has 0 saturated carbocycles. The third kappa shape index (κ3) is 3.99. The highest BCUT2D eigenvalue weighted by Gasteiger charge is 2.28. The van der Waals surface area contributed by atoms with Crippen molar-refractivity contribution in [3.63, 3.8) is 0 Å². The summed E-state index contributed by atoms with van der Waals surface area (Å²) in [5.74, 6) is 0. The molecule has 146 valence electrons. The van der Waals surface area contributed by atoms with Gasteiger partial charge in [-0.2, -0.15) is 0 Å². The second-order valence-corrected chi connectivity index (χ2v) is 7.21. The third-order valence-corrected chi connectivity index (χ3v) is 5.28. The van der Waals surface area contributed by atoms with Crippen LogP contribution in [-0.4, -0.2) is 47.2 Å². The zero-order valence-electron chi connectivity index (χ0n) is 15.9. The number of imidazole rings is 1. The molecular weight excluding hydrogens is 354 g/mol. The van der Waals surface area contributed by atoms with E-state index in [0.29, 0.717) is 17.9 Å². The van der Waals surface area contributed by atoms with Gasteiger partial charge in [-0.25, -0.2) is 4.98 Å². The van der Waals surface area contributed by atoms with Gasteiger partial charge < -0.3 is 14.8 Å². The molecule has 2 heterocycles. The minimum absolute atomic E-state index is 0.353. The van der Waals surface area contributed by atoms with Crippen LogP contribution in [0.15, 0.2) is 58.6 Å². The van der Waals surface area contributed by atoms with Crippen molar-refractivity contribution in [3.8, 4) is 0 Å². The Kier molecular flexibility index (Phi) is 5.53. The van der Waals surface area contributed by atoms with Crippen LogP contribution in [0, 0.1) is 0 Å². The number of rotatable bonds is 8. The van der Waals surface area contributed by atoms with Gasteiger partial charge in [0, 0.05) is 58.2 Å². The van der Waals surface area contributed by atoms with Crippen LogP contribution in [0.5, 0.6) is 0 Å². The van der Waals surface area contributed by atoms with E-state index in [4.69, 9.17) is 0 Å². The first-order chi connectivity index (χ1) is 13.7. The lowest BCUT2D eigenvalue weighted by Crippen LogP contribution is -2.51. The number of benzene rings is 1. The first-order valence-electron chi connectivity index (χ1n) is 9.76. The molecule has 1 N–H and O–H groups in total. The van der Waals surface area contributed by atoms with E-state index >= 15 is 0 Å². The van der Waals surface area contributed by atoms with E-state index in [9.17, 15) is 9.59 Å². The SMILES string of the molecule is O=c1c(NCCCn2ccnc2)c(N2CCN(Cc3ccccc3)CC2)c1=O. The van der Waals surface area contributed by atoms with E-state index < -0.39 is 0 Å². The lowest BCUT2D eigenvalue weighted by molar-refractivity contribution is 0.249. The molecule has 0 spiro atoms. The molecule has 2 aromatic carbocycles. The van der Waals surface area contributed by atoms with E-state index in [0.717, 1.165) is 45.7 Å². The Bertz CT molecular complexity index is 953. The van der Waals surface area contributed by atoms with Gasteiger partial charge in [0.2, 0.25) is 0 Å². The molecule has 0 atom stereocenters. The van der Waals surface area contributed by atoms with Crippen molar-refractivity contribution < 1.29 is 0 Å². The zero-order chi connectivity index (χ0) is 19.3. The highest BCUT2D eigenvalue weighted by atomic mass is 16.2. The fraction of sp³-hybridized carbons (Fsp3) is 0.381. The van der Waals surface area contributed by atoms with Gasteiger partial charge in [-0.05, 0) is 12.0 Å². The van der Waals surface area contributed by atoms with Gasteiger partial charge >= 0.3 is 0 Å². The second kappa shape index (κ2) is 8.39. The lowest BCUT2D eigenvalue weighted by atomic mass is 10.1. The summed E-state index contributed by atoms with van der Waals surface area (Å²) < 4.78 is 2.00. The summed E-state index contributed by atoms with van der Waals surface area (Å²) in [6.45, 7) is 5.70. The largest absolute Gasteiger partial charge is 0.380 e. The Hall–Kier alpha value is -2.93. The summed E-state index contributed by atoms with van der Waals surface area (Å²) in [6, 6.07) is 10.4. The van der Waals surface area contributed by atoms with E-state index in [-0.39, 0.29) is 10.9 Å². The minimum atomic E-state index is -0.385. The van der Waals surface area contributed by atoms with E-state index in [1.807, 2.05) is 16.8 Å². The standard InChI is InChI=1S/C21H25N5O2/c27-20-18(23-7-4-9-25-10-8-22-16-25)19(21(20)28)26-13-11-24(12-14-26)15-17-5-2-1-3-6-17/h1-3,5-6,8,10,16,23H,4,7,9,11-15H2. The zero-order valence-corrected chi connectivity index (χ0v) is 15.9. The first-order valence-corrected chi connectivity index (χ1v) is 9.76. The van der Waals surface area contributed by atoms with Crippen LogP contribution in [0.2, 0.25) is 0 Å². The lowest BCUT2D eigenvalue weighted by Gasteiger charge is -2.37. The highest BCUT2D eigenvalue weighted by molar-refractivity contribution is 5.75. The van der Waals surface area contributed by atoms with E-state index in [1.165, 1.54) is 5.56 Å². The topological polar surface area (TPSA) is 70.5 Å². The summed E-state index contributed by atoms with van der Waals surface area (Å²) in [5, 5.41) is 3.18. The number of nitrogens with one attached hydrogen (secondary N) is 1. The monoisotopic (exact) mass is 379 g/mol. The highest BCUT2D eigenvalue weighted by Crippen LogP contribution is 2.22. The maximum absolute atomic E-state index is 12.1. The number of anilines is 2. The number of aromatic nitrogens is 2. The summed E-state index contributed by atoms with van der Waals surface area (Å²) in [7, 11) is 0. The smallest absolute Gasteiger partial charge is 0.253 e. The van der Waals surface area contributed by atoms with Crippen LogP contribution in [0.25, 0.3) is 0 Å². The van der Waals surface area contributed by atoms with Gasteiger partial charge in [-0.3, -0.25) is 14.5 Å². The summed E-state index contributed by atoms with van der Waals surface area (Å²) in [4.78, 5) is 32.6. The predicted molar refractivity (Wildman–Crippen MR) is 111 cm³/mol. The van der Waals surface area contributed by atoms with Crippen molar-refractivity contribution in [3.05, 3.63) is 75.1 Å². The average molecular weight is 379 g/mol. The molecule has 0 radical (unpaired) electrons. The normalized spacial score (nSPS) is 15.2. The van der Waals surface area contributed by atoms with Crippen molar-refractivity contribution in [2.75, 3.05) is 42.9 Å². The number of nitrogens with zero attached hydrogens (tertiary/aromatic N) is 4. The molecule has 3 aromatic rings. The molecule has 28 heavy (non-hydrogen) atoms. The Labute approximate surface area is 163 Å². The molecule has 1 aliphatic rings. The van der Waals surface area contributed by atoms with Crippen molar-refractivity contribution in [1.29, 1.82) is 0 Å². The Morgan fingerprint density at radius 1 is 1.00 bits per heavy atom.